The monoisotopic (exact) mass is 451 g/mol. The van der Waals surface area contributed by atoms with E-state index >= 15 is 0 Å². The Hall–Kier alpha value is -3.59. The fraction of sp³-hybridized carbons (Fsp3) is 0.261. The Bertz CT molecular complexity index is 1290. The van der Waals surface area contributed by atoms with Gasteiger partial charge >= 0.3 is 5.97 Å². The lowest BCUT2D eigenvalue weighted by atomic mass is 10.2. The number of hydrogen-bond donors (Lipinski definition) is 0. The second-order valence-corrected chi connectivity index (χ2v) is 8.13. The first-order valence-corrected chi connectivity index (χ1v) is 11.1. The number of aromatic nitrogens is 1. The number of anilines is 1. The Morgan fingerprint density at radius 1 is 1.00 bits per heavy atom. The molecule has 164 valence electrons. The minimum atomic E-state index is -0.435. The molecule has 32 heavy (non-hydrogen) atoms. The molecule has 0 N–H and O–H groups in total. The molecule has 0 aliphatic carbocycles. The van der Waals surface area contributed by atoms with E-state index in [-0.39, 0.29) is 24.7 Å². The van der Waals surface area contributed by atoms with E-state index < -0.39 is 11.9 Å². The van der Waals surface area contributed by atoms with E-state index in [9.17, 15) is 19.2 Å². The molecule has 1 aliphatic rings. The number of carbonyl (C=O) groups is 4. The second-order valence-electron chi connectivity index (χ2n) is 7.12. The molecule has 0 unspecified atom stereocenters. The Labute approximate surface area is 187 Å². The van der Waals surface area contributed by atoms with Crippen molar-refractivity contribution in [2.24, 2.45) is 4.99 Å². The molecule has 0 bridgehead atoms. The van der Waals surface area contributed by atoms with E-state index in [4.69, 9.17) is 4.74 Å². The highest BCUT2D eigenvalue weighted by atomic mass is 32.1. The Morgan fingerprint density at radius 2 is 1.66 bits per heavy atom. The summed E-state index contributed by atoms with van der Waals surface area (Å²) in [6.45, 7) is 4.60. The van der Waals surface area contributed by atoms with E-state index in [2.05, 4.69) is 4.99 Å². The zero-order valence-electron chi connectivity index (χ0n) is 17.7. The molecule has 0 atom stereocenters. The third kappa shape index (κ3) is 3.99. The van der Waals surface area contributed by atoms with Crippen LogP contribution in [-0.4, -0.2) is 34.9 Å². The number of fused-ring (bicyclic) bond motifs is 1. The first kappa shape index (κ1) is 21.6. The van der Waals surface area contributed by atoms with Crippen molar-refractivity contribution < 1.29 is 23.9 Å². The van der Waals surface area contributed by atoms with Gasteiger partial charge in [0, 0.05) is 24.9 Å². The average Bonchev–Trinajstić information content (AvgIpc) is 3.31. The summed E-state index contributed by atoms with van der Waals surface area (Å²) in [5.74, 6) is -1.31. The summed E-state index contributed by atoms with van der Waals surface area (Å²) in [7, 11) is 0. The number of imide groups is 1. The number of thiazole rings is 1. The number of ether oxygens (including phenoxy) is 1. The number of carbonyl (C=O) groups excluding carboxylic acids is 4. The van der Waals surface area contributed by atoms with Crippen molar-refractivity contribution in [2.45, 2.75) is 33.2 Å². The van der Waals surface area contributed by atoms with Crippen LogP contribution in [0.25, 0.3) is 10.2 Å². The van der Waals surface area contributed by atoms with Crippen molar-refractivity contribution >= 4 is 50.9 Å². The quantitative estimate of drug-likeness (QED) is 0.438. The Morgan fingerprint density at radius 3 is 2.28 bits per heavy atom. The molecule has 2 aromatic carbocycles. The molecule has 2 heterocycles. The van der Waals surface area contributed by atoms with E-state index in [1.165, 1.54) is 11.3 Å². The molecule has 3 amide bonds. The van der Waals surface area contributed by atoms with Crippen LogP contribution in [0.2, 0.25) is 0 Å². The van der Waals surface area contributed by atoms with Crippen molar-refractivity contribution in [1.82, 2.24) is 4.57 Å². The third-order valence-corrected chi connectivity index (χ3v) is 6.17. The van der Waals surface area contributed by atoms with Crippen molar-refractivity contribution in [2.75, 3.05) is 11.5 Å². The van der Waals surface area contributed by atoms with E-state index in [0.29, 0.717) is 34.8 Å². The summed E-state index contributed by atoms with van der Waals surface area (Å²) in [5, 5.41) is 0. The normalized spacial score (nSPS) is 14.4. The number of rotatable bonds is 5. The fourth-order valence-electron chi connectivity index (χ4n) is 3.57. The van der Waals surface area contributed by atoms with Crippen molar-refractivity contribution in [3.05, 3.63) is 58.4 Å². The predicted molar refractivity (Wildman–Crippen MR) is 120 cm³/mol. The summed E-state index contributed by atoms with van der Waals surface area (Å²) in [6.07, 6.45) is 0.408. The number of amides is 3. The Balaban J connectivity index is 1.66. The maximum absolute atomic E-state index is 12.8. The summed E-state index contributed by atoms with van der Waals surface area (Å²) in [6, 6.07) is 11.5. The molecular formula is C23H21N3O5S. The maximum Gasteiger partial charge on any atom is 0.338 e. The molecule has 1 aromatic heterocycles. The van der Waals surface area contributed by atoms with Crippen LogP contribution in [-0.2, 0) is 20.9 Å². The number of nitrogens with zero attached hydrogens (tertiary/aromatic N) is 3. The van der Waals surface area contributed by atoms with E-state index in [1.807, 2.05) is 17.6 Å². The number of benzene rings is 2. The topological polar surface area (TPSA) is 98.0 Å². The first-order chi connectivity index (χ1) is 15.4. The largest absolute Gasteiger partial charge is 0.462 e. The van der Waals surface area contributed by atoms with Gasteiger partial charge in [0.2, 0.25) is 11.8 Å². The van der Waals surface area contributed by atoms with E-state index in [0.717, 1.165) is 15.1 Å². The SMILES string of the molecule is CCOC(=O)c1ccc2c(c1)sc(=NC(=O)c1ccc(N3C(=O)CCC3=O)cc1)n2CC. The molecule has 3 aromatic rings. The minimum Gasteiger partial charge on any atom is -0.462 e. The highest BCUT2D eigenvalue weighted by molar-refractivity contribution is 7.16. The molecule has 8 nitrogen and oxygen atoms in total. The maximum atomic E-state index is 12.8. The van der Waals surface area contributed by atoms with Gasteiger partial charge in [-0.25, -0.2) is 4.79 Å². The van der Waals surface area contributed by atoms with Gasteiger partial charge in [0.05, 0.1) is 28.1 Å². The van der Waals surface area contributed by atoms with Gasteiger partial charge in [-0.05, 0) is 56.3 Å². The zero-order chi connectivity index (χ0) is 22.8. The lowest BCUT2D eigenvalue weighted by Gasteiger charge is -2.13. The molecule has 9 heteroatoms. The number of aryl methyl sites for hydroxylation is 1. The van der Waals surface area contributed by atoms with Gasteiger partial charge in [0.1, 0.15) is 0 Å². The van der Waals surface area contributed by atoms with Gasteiger partial charge < -0.3 is 9.30 Å². The summed E-state index contributed by atoms with van der Waals surface area (Å²) in [4.78, 5) is 54.5. The molecule has 4 rings (SSSR count). The molecule has 1 fully saturated rings. The molecule has 0 radical (unpaired) electrons. The number of hydrogen-bond acceptors (Lipinski definition) is 6. The van der Waals surface area contributed by atoms with Gasteiger partial charge in [-0.15, -0.1) is 0 Å². The van der Waals surface area contributed by atoms with E-state index in [1.54, 1.807) is 43.3 Å². The lowest BCUT2D eigenvalue weighted by molar-refractivity contribution is -0.121. The molecule has 1 aliphatic heterocycles. The zero-order valence-corrected chi connectivity index (χ0v) is 18.5. The Kier molecular flexibility index (Phi) is 6.00. The van der Waals surface area contributed by atoms with Gasteiger partial charge in [-0.1, -0.05) is 11.3 Å². The molecule has 0 spiro atoms. The van der Waals surface area contributed by atoms with Gasteiger partial charge in [-0.3, -0.25) is 19.3 Å². The van der Waals surface area contributed by atoms with Crippen molar-refractivity contribution in [3.8, 4) is 0 Å². The van der Waals surface area contributed by atoms with Crippen LogP contribution < -0.4 is 9.70 Å². The predicted octanol–water partition coefficient (Wildman–Crippen LogP) is 3.29. The smallest absolute Gasteiger partial charge is 0.338 e. The summed E-state index contributed by atoms with van der Waals surface area (Å²) in [5.41, 5.74) is 2.12. The summed E-state index contributed by atoms with van der Waals surface area (Å²) < 4.78 is 7.79. The van der Waals surface area contributed by atoms with Gasteiger partial charge in [0.15, 0.2) is 4.80 Å². The van der Waals surface area contributed by atoms with Crippen molar-refractivity contribution in [1.29, 1.82) is 0 Å². The summed E-state index contributed by atoms with van der Waals surface area (Å²) >= 11 is 1.32. The van der Waals surface area contributed by atoms with Crippen molar-refractivity contribution in [3.63, 3.8) is 0 Å². The number of esters is 1. The molecule has 1 saturated heterocycles. The van der Waals surface area contributed by atoms with Gasteiger partial charge in [0.25, 0.3) is 5.91 Å². The van der Waals surface area contributed by atoms with Crippen LogP contribution in [0.15, 0.2) is 47.5 Å². The third-order valence-electron chi connectivity index (χ3n) is 5.13. The highest BCUT2D eigenvalue weighted by Gasteiger charge is 2.30. The molecule has 0 saturated carbocycles. The lowest BCUT2D eigenvalue weighted by Crippen LogP contribution is -2.28. The fourth-order valence-corrected chi connectivity index (χ4v) is 4.71. The standard InChI is InChI=1S/C23H21N3O5S/c1-3-25-17-10-7-15(22(30)31-4-2)13-18(17)32-23(25)24-21(29)14-5-8-16(9-6-14)26-19(27)11-12-20(26)28/h5-10,13H,3-4,11-12H2,1-2H3. The highest BCUT2D eigenvalue weighted by Crippen LogP contribution is 2.23. The second kappa shape index (κ2) is 8.88. The van der Waals surface area contributed by atoms with Gasteiger partial charge in [-0.2, -0.15) is 4.99 Å². The average molecular weight is 452 g/mol. The first-order valence-electron chi connectivity index (χ1n) is 10.3. The molecular weight excluding hydrogens is 430 g/mol. The van der Waals surface area contributed by atoms with Crippen LogP contribution in [0.4, 0.5) is 5.69 Å². The minimum absolute atomic E-state index is 0.204. The van der Waals surface area contributed by atoms with Crippen LogP contribution in [0.3, 0.4) is 0 Å². The van der Waals surface area contributed by atoms with Crippen LogP contribution in [0, 0.1) is 0 Å². The van der Waals surface area contributed by atoms with Crippen LogP contribution in [0.5, 0.6) is 0 Å². The van der Waals surface area contributed by atoms with Crippen LogP contribution in [0.1, 0.15) is 47.4 Å². The van der Waals surface area contributed by atoms with Crippen LogP contribution >= 0.6 is 11.3 Å².